The molecule has 3 aromatic rings. The van der Waals surface area contributed by atoms with Crippen molar-refractivity contribution in [3.8, 4) is 28.8 Å². The third kappa shape index (κ3) is 4.48. The van der Waals surface area contributed by atoms with Gasteiger partial charge in [-0.25, -0.2) is 0 Å². The number of hydrogen-bond donors (Lipinski definition) is 3. The summed E-state index contributed by atoms with van der Waals surface area (Å²) in [5.41, 5.74) is -1.04. The van der Waals surface area contributed by atoms with E-state index in [0.29, 0.717) is 17.9 Å². The van der Waals surface area contributed by atoms with Gasteiger partial charge in [0.15, 0.2) is 17.3 Å². The summed E-state index contributed by atoms with van der Waals surface area (Å²) in [7, 11) is 0. The molecule has 2 aromatic heterocycles. The van der Waals surface area contributed by atoms with Gasteiger partial charge in [0.05, 0.1) is 11.1 Å². The van der Waals surface area contributed by atoms with E-state index in [1.54, 1.807) is 37.0 Å². The number of aromatic hydroxyl groups is 2. The Hall–Kier alpha value is -4.45. The average molecular weight is 577 g/mol. The second-order valence-electron chi connectivity index (χ2n) is 10.0. The number of aromatic nitrogens is 3. The maximum atomic E-state index is 14.1. The molecule has 1 aliphatic heterocycles. The second kappa shape index (κ2) is 10.5. The lowest BCUT2D eigenvalue weighted by atomic mass is 9.70. The molecule has 0 radical (unpaired) electrons. The molecule has 1 aliphatic carbocycles. The molecule has 2 aliphatic rings. The zero-order valence-electron chi connectivity index (χ0n) is 23.1. The van der Waals surface area contributed by atoms with Gasteiger partial charge in [0.2, 0.25) is 11.7 Å². The number of hydrogen-bond acceptors (Lipinski definition) is 12. The highest BCUT2D eigenvalue weighted by molar-refractivity contribution is 7.98. The Bertz CT molecular complexity index is 1660. The lowest BCUT2D eigenvalue weighted by Crippen LogP contribution is -2.41. The molecule has 0 unspecified atom stereocenters. The molecule has 11 nitrogen and oxygen atoms in total. The predicted molar refractivity (Wildman–Crippen MR) is 150 cm³/mol. The van der Waals surface area contributed by atoms with Gasteiger partial charge in [-0.15, -0.1) is 0 Å². The number of carbonyl (C=O) groups excluding carboxylic acids is 3. The summed E-state index contributed by atoms with van der Waals surface area (Å²) in [6.45, 7) is 5.81. The van der Waals surface area contributed by atoms with Gasteiger partial charge in [-0.1, -0.05) is 11.2 Å². The number of benzene rings is 1. The largest absolute Gasteiger partial charge is 0.507 e. The Morgan fingerprint density at radius 2 is 1.95 bits per heavy atom. The van der Waals surface area contributed by atoms with Crippen LogP contribution in [0.25, 0.3) is 11.5 Å². The minimum atomic E-state index is -1.61. The Labute approximate surface area is 239 Å². The standard InChI is InChI=1S/C29H28N4O7S/c1-13-23(36)21(15(3)34)25-22(24(13)37)29(4)19(39-25)12-18(35)20(26(29)38)14(2)31-17(9-11-41-5)28-32-27(33-40-28)16-8-6-7-10-30-16/h6-8,10,12,17,31,36-37H,9,11H2,1-5H3/b20-14+/t17-,29+/m1/s1. The normalized spacial score (nSPS) is 19.7. The molecule has 0 amide bonds. The predicted octanol–water partition coefficient (Wildman–Crippen LogP) is 4.10. The number of allylic oxidation sites excluding steroid dienone is 4. The van der Waals surface area contributed by atoms with Crippen molar-refractivity contribution < 1.29 is 33.9 Å². The minimum absolute atomic E-state index is 0.0299. The summed E-state index contributed by atoms with van der Waals surface area (Å²) >= 11 is 1.61. The van der Waals surface area contributed by atoms with Gasteiger partial charge < -0.3 is 24.8 Å². The summed E-state index contributed by atoms with van der Waals surface area (Å²) in [5.74, 6) is -1.44. The molecule has 0 spiro atoms. The minimum Gasteiger partial charge on any atom is -0.507 e. The maximum Gasteiger partial charge on any atom is 0.249 e. The fourth-order valence-electron chi connectivity index (χ4n) is 5.16. The van der Waals surface area contributed by atoms with Crippen LogP contribution >= 0.6 is 11.8 Å². The highest BCUT2D eigenvalue weighted by Crippen LogP contribution is 2.57. The van der Waals surface area contributed by atoms with E-state index in [2.05, 4.69) is 20.4 Å². The number of rotatable bonds is 8. The van der Waals surface area contributed by atoms with Crippen molar-refractivity contribution in [1.29, 1.82) is 0 Å². The summed E-state index contributed by atoms with van der Waals surface area (Å²) in [5, 5.41) is 28.9. The van der Waals surface area contributed by atoms with E-state index in [1.165, 1.54) is 26.8 Å². The van der Waals surface area contributed by atoms with E-state index in [9.17, 15) is 24.6 Å². The molecular formula is C29H28N4O7S. The lowest BCUT2D eigenvalue weighted by molar-refractivity contribution is -0.123. The Morgan fingerprint density at radius 1 is 1.20 bits per heavy atom. The highest BCUT2D eigenvalue weighted by Gasteiger charge is 2.56. The summed E-state index contributed by atoms with van der Waals surface area (Å²) in [6, 6.07) is 4.82. The number of nitrogens with zero attached hydrogens (tertiary/aromatic N) is 3. The van der Waals surface area contributed by atoms with E-state index in [4.69, 9.17) is 9.26 Å². The number of ketones is 3. The quantitative estimate of drug-likeness (QED) is 0.200. The molecule has 41 heavy (non-hydrogen) atoms. The molecule has 5 rings (SSSR count). The van der Waals surface area contributed by atoms with Gasteiger partial charge in [0.25, 0.3) is 0 Å². The van der Waals surface area contributed by atoms with E-state index >= 15 is 0 Å². The van der Waals surface area contributed by atoms with Crippen LogP contribution in [-0.2, 0) is 15.0 Å². The molecule has 0 saturated heterocycles. The lowest BCUT2D eigenvalue weighted by Gasteiger charge is -2.29. The Balaban J connectivity index is 1.56. The zero-order chi connectivity index (χ0) is 29.6. The van der Waals surface area contributed by atoms with Crippen LogP contribution in [0.15, 0.2) is 52.0 Å². The van der Waals surface area contributed by atoms with Gasteiger partial charge in [-0.05, 0) is 58.3 Å². The molecule has 0 bridgehead atoms. The number of ether oxygens (including phenoxy) is 1. The number of phenols is 2. The molecule has 1 aromatic carbocycles. The fraction of sp³-hybridized carbons (Fsp3) is 0.310. The van der Waals surface area contributed by atoms with Crippen molar-refractivity contribution in [2.24, 2.45) is 0 Å². The van der Waals surface area contributed by atoms with Gasteiger partial charge in [-0.2, -0.15) is 16.7 Å². The number of phenolic OH excluding ortho intramolecular Hbond substituents is 2. The van der Waals surface area contributed by atoms with Crippen LogP contribution in [0.5, 0.6) is 17.2 Å². The van der Waals surface area contributed by atoms with Gasteiger partial charge >= 0.3 is 0 Å². The van der Waals surface area contributed by atoms with Gasteiger partial charge in [0.1, 0.15) is 45.7 Å². The number of carbonyl (C=O) groups is 3. The first kappa shape index (κ1) is 28.1. The molecule has 3 heterocycles. The van der Waals surface area contributed by atoms with Crippen molar-refractivity contribution in [2.45, 2.75) is 45.6 Å². The van der Waals surface area contributed by atoms with Crippen LogP contribution in [0.1, 0.15) is 60.6 Å². The molecule has 212 valence electrons. The van der Waals surface area contributed by atoms with E-state index in [1.807, 2.05) is 12.3 Å². The molecule has 12 heteroatoms. The van der Waals surface area contributed by atoms with E-state index < -0.39 is 34.6 Å². The van der Waals surface area contributed by atoms with Gasteiger partial charge in [0, 0.05) is 23.5 Å². The van der Waals surface area contributed by atoms with Crippen molar-refractivity contribution in [3.05, 3.63) is 70.1 Å². The van der Waals surface area contributed by atoms with Crippen LogP contribution in [0, 0.1) is 6.92 Å². The molecule has 0 saturated carbocycles. The van der Waals surface area contributed by atoms with E-state index in [-0.39, 0.29) is 51.1 Å². The van der Waals surface area contributed by atoms with Crippen LogP contribution in [0.4, 0.5) is 0 Å². The van der Waals surface area contributed by atoms with E-state index in [0.717, 1.165) is 5.75 Å². The first-order chi connectivity index (χ1) is 19.5. The number of fused-ring (bicyclic) bond motifs is 3. The monoisotopic (exact) mass is 576 g/mol. The Kier molecular flexibility index (Phi) is 7.20. The zero-order valence-corrected chi connectivity index (χ0v) is 23.9. The summed E-state index contributed by atoms with van der Waals surface area (Å²) in [4.78, 5) is 48.6. The maximum absolute atomic E-state index is 14.1. The third-order valence-corrected chi connectivity index (χ3v) is 8.04. The Morgan fingerprint density at radius 3 is 2.61 bits per heavy atom. The molecule has 2 atom stereocenters. The first-order valence-corrected chi connectivity index (χ1v) is 14.2. The molecule has 0 fully saturated rings. The summed E-state index contributed by atoms with van der Waals surface area (Å²) in [6.07, 6.45) is 5.30. The SMILES string of the molecule is CSCC[C@@H](N/C(C)=C1\C(=O)C=C2Oc3c(C(C)=O)c(O)c(C)c(O)c3[C@@]2(C)C1=O)c1nc(-c2ccccn2)no1. The van der Waals surface area contributed by atoms with Crippen LogP contribution in [-0.4, -0.2) is 54.7 Å². The highest BCUT2D eigenvalue weighted by atomic mass is 32.2. The topological polar surface area (TPSA) is 165 Å². The first-order valence-electron chi connectivity index (χ1n) is 12.8. The van der Waals surface area contributed by atoms with Crippen molar-refractivity contribution in [1.82, 2.24) is 20.4 Å². The second-order valence-corrected chi connectivity index (χ2v) is 11.0. The number of nitrogens with one attached hydrogen (secondary N) is 1. The number of Topliss-reactive ketones (excluding diaryl/α,β-unsaturated/α-hetero) is 2. The molecule has 3 N–H and O–H groups in total. The summed E-state index contributed by atoms with van der Waals surface area (Å²) < 4.78 is 11.4. The van der Waals surface area contributed by atoms with Crippen LogP contribution in [0.2, 0.25) is 0 Å². The van der Waals surface area contributed by atoms with Crippen molar-refractivity contribution in [2.75, 3.05) is 12.0 Å². The number of thioether (sulfide) groups is 1. The van der Waals surface area contributed by atoms with Crippen molar-refractivity contribution >= 4 is 29.1 Å². The average Bonchev–Trinajstić information content (AvgIpc) is 3.54. The van der Waals surface area contributed by atoms with Crippen molar-refractivity contribution in [3.63, 3.8) is 0 Å². The van der Waals surface area contributed by atoms with Crippen LogP contribution in [0.3, 0.4) is 0 Å². The third-order valence-electron chi connectivity index (χ3n) is 7.40. The smallest absolute Gasteiger partial charge is 0.249 e. The van der Waals surface area contributed by atoms with Crippen LogP contribution < -0.4 is 10.1 Å². The molecular weight excluding hydrogens is 548 g/mol. The fourth-order valence-corrected chi connectivity index (χ4v) is 5.64. The van der Waals surface area contributed by atoms with Gasteiger partial charge in [-0.3, -0.25) is 19.4 Å². The number of pyridine rings is 1.